The Bertz CT molecular complexity index is 1420. The molecule has 0 aliphatic heterocycles. The zero-order valence-corrected chi connectivity index (χ0v) is 20.4. The number of aliphatic carboxylic acids is 1. The molecule has 0 spiro atoms. The summed E-state index contributed by atoms with van der Waals surface area (Å²) in [6.45, 7) is 6.50. The molecule has 3 heterocycles. The predicted molar refractivity (Wildman–Crippen MR) is 132 cm³/mol. The van der Waals surface area contributed by atoms with Crippen molar-refractivity contribution in [2.45, 2.75) is 52.3 Å². The summed E-state index contributed by atoms with van der Waals surface area (Å²) < 4.78 is 8.83. The highest BCUT2D eigenvalue weighted by Gasteiger charge is 2.27. The van der Waals surface area contributed by atoms with Gasteiger partial charge < -0.3 is 29.9 Å². The van der Waals surface area contributed by atoms with Gasteiger partial charge in [-0.05, 0) is 26.8 Å². The third-order valence-corrected chi connectivity index (χ3v) is 5.73. The zero-order chi connectivity index (χ0) is 26.0. The zero-order valence-electron chi connectivity index (χ0n) is 20.4. The molecular weight excluding hydrogens is 466 g/mol. The minimum Gasteiger partial charge on any atom is -0.494 e. The highest BCUT2D eigenvalue weighted by Crippen LogP contribution is 2.35. The van der Waals surface area contributed by atoms with E-state index in [1.165, 1.54) is 16.7 Å². The summed E-state index contributed by atoms with van der Waals surface area (Å²) in [6, 6.07) is 10.2. The number of carbonyl (C=O) groups is 2. The number of fused-ring (bicyclic) bond motifs is 3. The number of imidazole rings is 1. The van der Waals surface area contributed by atoms with Crippen molar-refractivity contribution in [2.75, 3.05) is 6.61 Å². The first-order valence-corrected chi connectivity index (χ1v) is 11.6. The Balaban J connectivity index is 1.89. The Morgan fingerprint density at radius 1 is 1.06 bits per heavy atom. The Morgan fingerprint density at radius 2 is 1.75 bits per heavy atom. The second kappa shape index (κ2) is 9.86. The summed E-state index contributed by atoms with van der Waals surface area (Å²) in [6.07, 6.45) is -0.381. The van der Waals surface area contributed by atoms with Gasteiger partial charge in [-0.2, -0.15) is 0 Å². The normalized spacial score (nSPS) is 11.9. The van der Waals surface area contributed by atoms with Gasteiger partial charge in [-0.25, -0.2) is 14.5 Å². The van der Waals surface area contributed by atoms with Crippen molar-refractivity contribution in [1.29, 1.82) is 0 Å². The van der Waals surface area contributed by atoms with Crippen molar-refractivity contribution in [3.63, 3.8) is 0 Å². The maximum absolute atomic E-state index is 12.4. The molecule has 0 bridgehead atoms. The number of benzene rings is 1. The fraction of sp³-hybridized carbons (Fsp3) is 0.360. The quantitative estimate of drug-likeness (QED) is 0.262. The molecule has 0 saturated heterocycles. The number of hydrogen-bond acceptors (Lipinski definition) is 7. The van der Waals surface area contributed by atoms with Crippen LogP contribution in [0.3, 0.4) is 0 Å². The van der Waals surface area contributed by atoms with Crippen LogP contribution in [-0.4, -0.2) is 58.4 Å². The van der Waals surface area contributed by atoms with Crippen LogP contribution in [0.2, 0.25) is 0 Å². The minimum absolute atomic E-state index is 0.127. The first-order chi connectivity index (χ1) is 17.1. The molecule has 1 aromatic carbocycles. The van der Waals surface area contributed by atoms with Crippen LogP contribution < -0.4 is 5.32 Å². The largest absolute Gasteiger partial charge is 0.494 e. The van der Waals surface area contributed by atoms with Gasteiger partial charge in [-0.1, -0.05) is 18.2 Å². The molecule has 0 saturated carbocycles. The summed E-state index contributed by atoms with van der Waals surface area (Å²) in [5, 5.41) is 33.5. The molecule has 4 rings (SSSR count). The van der Waals surface area contributed by atoms with E-state index in [-0.39, 0.29) is 42.9 Å². The van der Waals surface area contributed by atoms with Gasteiger partial charge >= 0.3 is 5.97 Å². The molecule has 0 fully saturated rings. The number of carboxylic acid groups (broad SMARTS) is 1. The molecule has 190 valence electrons. The molecule has 0 aliphatic rings. The number of rotatable bonds is 10. The third-order valence-electron chi connectivity index (χ3n) is 5.73. The van der Waals surface area contributed by atoms with Crippen LogP contribution in [0.4, 0.5) is 0 Å². The Labute approximate surface area is 207 Å². The number of hydrogen-bond donors (Lipinski definition) is 4. The number of pyridine rings is 1. The predicted octanol–water partition coefficient (Wildman–Crippen LogP) is 3.08. The number of ether oxygens (including phenoxy) is 1. The number of aromatic nitrogens is 4. The summed E-state index contributed by atoms with van der Waals surface area (Å²) in [5.41, 5.74) is 0.996. The van der Waals surface area contributed by atoms with Crippen molar-refractivity contribution >= 4 is 33.8 Å². The lowest BCUT2D eigenvalue weighted by molar-refractivity contribution is -0.139. The molecule has 11 nitrogen and oxygen atoms in total. The first-order valence-electron chi connectivity index (χ1n) is 11.6. The van der Waals surface area contributed by atoms with E-state index in [0.717, 1.165) is 5.39 Å². The highest BCUT2D eigenvalue weighted by atomic mass is 16.5. The van der Waals surface area contributed by atoms with Crippen LogP contribution in [0.25, 0.3) is 27.8 Å². The molecule has 4 N–H and O–H groups in total. The second-order valence-corrected chi connectivity index (χ2v) is 9.11. The van der Waals surface area contributed by atoms with Crippen molar-refractivity contribution in [2.24, 2.45) is 0 Å². The van der Waals surface area contributed by atoms with E-state index in [1.54, 1.807) is 0 Å². The van der Waals surface area contributed by atoms with Crippen LogP contribution in [0.15, 0.2) is 36.4 Å². The molecular formula is C25H29N5O6. The van der Waals surface area contributed by atoms with Crippen molar-refractivity contribution in [3.8, 4) is 17.6 Å². The molecule has 36 heavy (non-hydrogen) atoms. The fourth-order valence-corrected chi connectivity index (χ4v) is 4.22. The van der Waals surface area contributed by atoms with Gasteiger partial charge in [0.15, 0.2) is 17.6 Å². The number of carbonyl (C=O) groups excluding carboxylic acids is 1. The molecule has 0 atom stereocenters. The molecule has 1 amide bonds. The molecule has 4 aromatic rings. The van der Waals surface area contributed by atoms with Gasteiger partial charge in [0.05, 0.1) is 23.0 Å². The van der Waals surface area contributed by atoms with Crippen LogP contribution in [-0.2, 0) is 27.5 Å². The second-order valence-electron chi connectivity index (χ2n) is 9.11. The standard InChI is InChI=1S/C25H29N5O6/c1-4-36-13-17-27-22-23(29(17)14-25(2,3)28-18(31)9-12-21(34)35)15-7-5-6-8-16(15)26-24(22)30-19(32)10-11-20(30)33/h5-8,10-11,32-33H,4,9,12-14H2,1-3H3,(H,28,31)(H,34,35). The van der Waals surface area contributed by atoms with Crippen LogP contribution in [0.1, 0.15) is 39.4 Å². The number of nitrogens with zero attached hydrogens (tertiary/aromatic N) is 4. The molecule has 0 unspecified atom stereocenters. The SMILES string of the molecule is CCOCc1nc2c(-n3c(O)ccc3O)nc3ccccc3c2n1CC(C)(C)NC(=O)CCC(=O)O. The summed E-state index contributed by atoms with van der Waals surface area (Å²) in [5.74, 6) is -0.959. The number of para-hydroxylation sites is 1. The van der Waals surface area contributed by atoms with Gasteiger partial charge in [0.1, 0.15) is 17.9 Å². The average molecular weight is 496 g/mol. The van der Waals surface area contributed by atoms with E-state index in [2.05, 4.69) is 10.3 Å². The van der Waals surface area contributed by atoms with E-state index >= 15 is 0 Å². The van der Waals surface area contributed by atoms with Crippen LogP contribution in [0, 0.1) is 0 Å². The smallest absolute Gasteiger partial charge is 0.303 e. The van der Waals surface area contributed by atoms with Gasteiger partial charge in [0.25, 0.3) is 0 Å². The Kier molecular flexibility index (Phi) is 6.84. The number of aromatic hydroxyl groups is 2. The molecule has 0 radical (unpaired) electrons. The topological polar surface area (TPSA) is 152 Å². The van der Waals surface area contributed by atoms with Crippen molar-refractivity contribution < 1.29 is 29.6 Å². The minimum atomic E-state index is -1.04. The lowest BCUT2D eigenvalue weighted by Crippen LogP contribution is -2.46. The molecule has 3 aromatic heterocycles. The Hall–Kier alpha value is -4.12. The first kappa shape index (κ1) is 25.0. The fourth-order valence-electron chi connectivity index (χ4n) is 4.22. The van der Waals surface area contributed by atoms with Crippen LogP contribution in [0.5, 0.6) is 11.8 Å². The third kappa shape index (κ3) is 4.96. The maximum atomic E-state index is 12.4. The summed E-state index contributed by atoms with van der Waals surface area (Å²) >= 11 is 0. The van der Waals surface area contributed by atoms with Crippen molar-refractivity contribution in [1.82, 2.24) is 24.4 Å². The van der Waals surface area contributed by atoms with Gasteiger partial charge in [0, 0.05) is 37.1 Å². The van der Waals surface area contributed by atoms with Gasteiger partial charge in [-0.15, -0.1) is 0 Å². The van der Waals surface area contributed by atoms with Gasteiger partial charge in [-0.3, -0.25) is 9.59 Å². The van der Waals surface area contributed by atoms with Crippen LogP contribution >= 0.6 is 0 Å². The lowest BCUT2D eigenvalue weighted by Gasteiger charge is -2.28. The number of amides is 1. The lowest BCUT2D eigenvalue weighted by atomic mass is 10.0. The highest BCUT2D eigenvalue weighted by molar-refractivity contribution is 6.05. The monoisotopic (exact) mass is 495 g/mol. The maximum Gasteiger partial charge on any atom is 0.303 e. The van der Waals surface area contributed by atoms with Gasteiger partial charge in [0.2, 0.25) is 5.91 Å². The van der Waals surface area contributed by atoms with Crippen molar-refractivity contribution in [3.05, 3.63) is 42.2 Å². The number of nitrogens with one attached hydrogen (secondary N) is 1. The van der Waals surface area contributed by atoms with E-state index in [9.17, 15) is 19.8 Å². The Morgan fingerprint density at radius 3 is 2.42 bits per heavy atom. The molecule has 0 aliphatic carbocycles. The number of carboxylic acids is 1. The summed E-state index contributed by atoms with van der Waals surface area (Å²) in [7, 11) is 0. The van der Waals surface area contributed by atoms with E-state index in [0.29, 0.717) is 35.5 Å². The van der Waals surface area contributed by atoms with E-state index in [1.807, 2.05) is 49.6 Å². The van der Waals surface area contributed by atoms with E-state index in [4.69, 9.17) is 14.8 Å². The molecule has 11 heteroatoms. The average Bonchev–Trinajstić information content (AvgIpc) is 3.34. The summed E-state index contributed by atoms with van der Waals surface area (Å²) in [4.78, 5) is 32.8. The van der Waals surface area contributed by atoms with E-state index < -0.39 is 11.5 Å².